The summed E-state index contributed by atoms with van der Waals surface area (Å²) in [6.07, 6.45) is 7.88. The second kappa shape index (κ2) is 6.78. The zero-order valence-electron chi connectivity index (χ0n) is 17.2. The van der Waals surface area contributed by atoms with Gasteiger partial charge in [0.25, 0.3) is 0 Å². The topological polar surface area (TPSA) is 80.7 Å². The number of aliphatic hydroxyl groups is 1. The van der Waals surface area contributed by atoms with Crippen LogP contribution in [0.15, 0.2) is 23.8 Å². The normalized spacial score (nSPS) is 45.7. The number of hydrogen-bond acceptors (Lipinski definition) is 5. The zero-order valence-corrected chi connectivity index (χ0v) is 18.0. The zero-order chi connectivity index (χ0) is 21.2. The minimum Gasteiger partial charge on any atom is -0.451 e. The van der Waals surface area contributed by atoms with Crippen LogP contribution in [0.3, 0.4) is 0 Å². The Balaban J connectivity index is 1.77. The smallest absolute Gasteiger partial charge is 0.303 e. The Labute approximate surface area is 176 Å². The molecule has 0 amide bonds. The largest absolute Gasteiger partial charge is 0.451 e. The molecule has 4 rings (SSSR count). The third-order valence-electron chi connectivity index (χ3n) is 8.51. The molecule has 3 saturated carbocycles. The molecule has 7 atom stereocenters. The van der Waals surface area contributed by atoms with Crippen LogP contribution in [0.1, 0.15) is 52.9 Å². The number of esters is 1. The summed E-state index contributed by atoms with van der Waals surface area (Å²) in [5.41, 5.74) is -1.19. The second-order valence-corrected chi connectivity index (χ2v) is 10.00. The van der Waals surface area contributed by atoms with Gasteiger partial charge in [-0.25, -0.2) is 0 Å². The van der Waals surface area contributed by atoms with Gasteiger partial charge in [-0.15, -0.1) is 11.6 Å². The molecule has 0 aromatic rings. The molecule has 0 saturated heterocycles. The van der Waals surface area contributed by atoms with Gasteiger partial charge in [0.2, 0.25) is 0 Å². The molecule has 1 unspecified atom stereocenters. The van der Waals surface area contributed by atoms with E-state index in [-0.39, 0.29) is 40.6 Å². The summed E-state index contributed by atoms with van der Waals surface area (Å²) in [5.74, 6) is -0.657. The Morgan fingerprint density at radius 2 is 2.03 bits per heavy atom. The lowest BCUT2D eigenvalue weighted by Crippen LogP contribution is -2.62. The van der Waals surface area contributed by atoms with Crippen LogP contribution in [0.25, 0.3) is 0 Å². The molecule has 5 nitrogen and oxygen atoms in total. The van der Waals surface area contributed by atoms with E-state index < -0.39 is 23.1 Å². The Bertz CT molecular complexity index is 831. The van der Waals surface area contributed by atoms with E-state index in [1.165, 1.54) is 6.92 Å². The van der Waals surface area contributed by atoms with E-state index in [9.17, 15) is 19.5 Å². The van der Waals surface area contributed by atoms with Gasteiger partial charge in [0, 0.05) is 23.7 Å². The van der Waals surface area contributed by atoms with E-state index in [0.29, 0.717) is 12.8 Å². The van der Waals surface area contributed by atoms with E-state index in [1.54, 1.807) is 12.2 Å². The highest BCUT2D eigenvalue weighted by atomic mass is 35.5. The van der Waals surface area contributed by atoms with Gasteiger partial charge in [-0.2, -0.15) is 0 Å². The monoisotopic (exact) mass is 420 g/mol. The number of halogens is 1. The number of hydrogen-bond donors (Lipinski definition) is 1. The molecule has 0 radical (unpaired) electrons. The second-order valence-electron chi connectivity index (χ2n) is 9.73. The van der Waals surface area contributed by atoms with Gasteiger partial charge in [0.1, 0.15) is 0 Å². The van der Waals surface area contributed by atoms with Crippen molar-refractivity contribution in [1.82, 2.24) is 0 Å². The third-order valence-corrected chi connectivity index (χ3v) is 8.75. The highest BCUT2D eigenvalue weighted by Crippen LogP contribution is 2.67. The molecule has 4 aliphatic carbocycles. The lowest BCUT2D eigenvalue weighted by atomic mass is 9.46. The first kappa shape index (κ1) is 20.8. The van der Waals surface area contributed by atoms with Crippen LogP contribution in [0.2, 0.25) is 0 Å². The average Bonchev–Trinajstić information content (AvgIpc) is 2.93. The van der Waals surface area contributed by atoms with E-state index in [4.69, 9.17) is 16.3 Å². The SMILES string of the molecule is CC(=O)O[C@]1(C(=O)CCl)CC[C@H]2[C@@H]3CCC4=CC(=O)C=C[C@]4(C)[C@H]3C(O)C[C@@]21C. The lowest BCUT2D eigenvalue weighted by molar-refractivity contribution is -0.196. The number of carbonyl (C=O) groups excluding carboxylic acids is 3. The molecule has 0 aliphatic heterocycles. The first-order chi connectivity index (χ1) is 13.6. The number of allylic oxidation sites excluding steroid dienone is 4. The Morgan fingerprint density at radius 1 is 1.31 bits per heavy atom. The first-order valence-corrected chi connectivity index (χ1v) is 11.0. The lowest BCUT2D eigenvalue weighted by Gasteiger charge is -2.59. The molecule has 3 fully saturated rings. The number of ether oxygens (including phenoxy) is 1. The molecular formula is C23H29ClO5. The van der Waals surface area contributed by atoms with E-state index in [1.807, 2.05) is 13.0 Å². The fraction of sp³-hybridized carbons (Fsp3) is 0.696. The summed E-state index contributed by atoms with van der Waals surface area (Å²) >= 11 is 5.95. The summed E-state index contributed by atoms with van der Waals surface area (Å²) in [4.78, 5) is 36.8. The van der Waals surface area contributed by atoms with Crippen molar-refractivity contribution >= 4 is 29.1 Å². The van der Waals surface area contributed by atoms with E-state index >= 15 is 0 Å². The average molecular weight is 421 g/mol. The minimum atomic E-state index is -1.27. The van der Waals surface area contributed by atoms with Gasteiger partial charge < -0.3 is 9.84 Å². The minimum absolute atomic E-state index is 0.00788. The van der Waals surface area contributed by atoms with E-state index in [2.05, 4.69) is 6.92 Å². The molecule has 4 aliphatic rings. The summed E-state index contributed by atoms with van der Waals surface area (Å²) in [5, 5.41) is 11.4. The van der Waals surface area contributed by atoms with Crippen molar-refractivity contribution in [3.63, 3.8) is 0 Å². The molecule has 0 heterocycles. The van der Waals surface area contributed by atoms with Crippen molar-refractivity contribution < 1.29 is 24.2 Å². The van der Waals surface area contributed by atoms with Crippen LogP contribution in [0, 0.1) is 28.6 Å². The van der Waals surface area contributed by atoms with E-state index in [0.717, 1.165) is 24.8 Å². The van der Waals surface area contributed by atoms with Crippen LogP contribution in [-0.4, -0.2) is 40.2 Å². The molecule has 29 heavy (non-hydrogen) atoms. The molecule has 0 spiro atoms. The molecule has 1 N–H and O–H groups in total. The number of fused-ring (bicyclic) bond motifs is 5. The highest BCUT2D eigenvalue weighted by Gasteiger charge is 2.70. The number of ketones is 2. The number of carbonyl (C=O) groups is 3. The molecule has 6 heteroatoms. The van der Waals surface area contributed by atoms with Crippen molar-refractivity contribution in [3.8, 4) is 0 Å². The maximum atomic E-state index is 13.0. The quantitative estimate of drug-likeness (QED) is 0.559. The van der Waals surface area contributed by atoms with Crippen molar-refractivity contribution in [1.29, 1.82) is 0 Å². The Kier molecular flexibility index (Phi) is 4.86. The number of Topliss-reactive ketones (excluding diaryl/α,β-unsaturated/α-hetero) is 1. The molecule has 0 bridgehead atoms. The molecule has 0 aromatic heterocycles. The Hall–Kier alpha value is -1.46. The summed E-state index contributed by atoms with van der Waals surface area (Å²) < 4.78 is 5.74. The standard InChI is InChI=1S/C23H29ClO5/c1-13(25)29-23(19(28)12-24)9-7-17-16-5-4-14-10-15(26)6-8-21(14,2)20(16)18(27)11-22(17,23)3/h6,8,10,16-18,20,27H,4-5,7,9,11-12H2,1-3H3/t16-,17-,18?,20+,21-,22-,23-/m0/s1. The Morgan fingerprint density at radius 3 is 2.69 bits per heavy atom. The van der Waals surface area contributed by atoms with Gasteiger partial charge in [0.15, 0.2) is 17.2 Å². The van der Waals surface area contributed by atoms with Crippen LogP contribution in [-0.2, 0) is 19.1 Å². The highest BCUT2D eigenvalue weighted by molar-refractivity contribution is 6.29. The van der Waals surface area contributed by atoms with Crippen molar-refractivity contribution in [2.24, 2.45) is 28.6 Å². The number of aliphatic hydroxyl groups excluding tert-OH is 1. The maximum Gasteiger partial charge on any atom is 0.303 e. The van der Waals surface area contributed by atoms with Gasteiger partial charge in [-0.1, -0.05) is 25.5 Å². The fourth-order valence-electron chi connectivity index (χ4n) is 7.35. The van der Waals surface area contributed by atoms with Gasteiger partial charge >= 0.3 is 5.97 Å². The number of alkyl halides is 1. The van der Waals surface area contributed by atoms with Crippen molar-refractivity contribution in [2.75, 3.05) is 5.88 Å². The van der Waals surface area contributed by atoms with Crippen molar-refractivity contribution in [3.05, 3.63) is 23.8 Å². The van der Waals surface area contributed by atoms with Gasteiger partial charge in [0.05, 0.1) is 12.0 Å². The van der Waals surface area contributed by atoms with Crippen LogP contribution < -0.4 is 0 Å². The van der Waals surface area contributed by atoms with Gasteiger partial charge in [-0.3, -0.25) is 14.4 Å². The van der Waals surface area contributed by atoms with Crippen LogP contribution in [0.5, 0.6) is 0 Å². The summed E-state index contributed by atoms with van der Waals surface area (Å²) in [6, 6.07) is 0. The maximum absolute atomic E-state index is 13.0. The molecule has 158 valence electrons. The predicted molar refractivity (Wildman–Crippen MR) is 108 cm³/mol. The number of rotatable bonds is 3. The summed E-state index contributed by atoms with van der Waals surface area (Å²) in [6.45, 7) is 5.43. The first-order valence-electron chi connectivity index (χ1n) is 10.5. The third kappa shape index (κ3) is 2.73. The van der Waals surface area contributed by atoms with Crippen LogP contribution in [0.4, 0.5) is 0 Å². The fourth-order valence-corrected chi connectivity index (χ4v) is 7.57. The van der Waals surface area contributed by atoms with Gasteiger partial charge in [-0.05, 0) is 56.1 Å². The molecule has 0 aromatic carbocycles. The summed E-state index contributed by atoms with van der Waals surface area (Å²) in [7, 11) is 0. The van der Waals surface area contributed by atoms with Crippen molar-refractivity contribution in [2.45, 2.75) is 64.6 Å². The molecular weight excluding hydrogens is 392 g/mol. The van der Waals surface area contributed by atoms with Crippen LogP contribution >= 0.6 is 11.6 Å². The predicted octanol–water partition coefficient (Wildman–Crippen LogP) is 3.37.